The van der Waals surface area contributed by atoms with Gasteiger partial charge in [0.15, 0.2) is 0 Å². The van der Waals surface area contributed by atoms with Crippen LogP contribution in [0.1, 0.15) is 5.69 Å². The number of aromatic nitrogens is 1. The fraction of sp³-hybridized carbons (Fsp3) is 0.0833. The van der Waals surface area contributed by atoms with Crippen molar-refractivity contribution < 1.29 is 0 Å². The van der Waals surface area contributed by atoms with E-state index in [0.717, 1.165) is 10.6 Å². The van der Waals surface area contributed by atoms with Gasteiger partial charge < -0.3 is 0 Å². The second-order valence-electron chi connectivity index (χ2n) is 3.33. The monoisotopic (exact) mass is 303 g/mol. The third-order valence-electron chi connectivity index (χ3n) is 2.05. The second kappa shape index (κ2) is 5.96. The molecule has 17 heavy (non-hydrogen) atoms. The van der Waals surface area contributed by atoms with Crippen molar-refractivity contribution >= 4 is 46.6 Å². The zero-order valence-corrected chi connectivity index (χ0v) is 11.7. The predicted octanol–water partition coefficient (Wildman–Crippen LogP) is 5.33. The van der Waals surface area contributed by atoms with Gasteiger partial charge in [0.05, 0.1) is 10.7 Å². The van der Waals surface area contributed by atoms with Crippen molar-refractivity contribution in [3.05, 3.63) is 57.3 Å². The van der Waals surface area contributed by atoms with E-state index in [0.29, 0.717) is 20.8 Å². The molecular weight excluding hydrogens is 297 g/mol. The van der Waals surface area contributed by atoms with Gasteiger partial charge in [-0.3, -0.25) is 4.98 Å². The van der Waals surface area contributed by atoms with Crippen molar-refractivity contribution in [1.82, 2.24) is 4.98 Å². The average molecular weight is 305 g/mol. The van der Waals surface area contributed by atoms with E-state index < -0.39 is 0 Å². The van der Waals surface area contributed by atoms with Crippen LogP contribution in [-0.4, -0.2) is 4.98 Å². The first-order valence-electron chi connectivity index (χ1n) is 4.83. The Kier molecular flexibility index (Phi) is 4.57. The van der Waals surface area contributed by atoms with Crippen molar-refractivity contribution in [2.24, 2.45) is 0 Å². The molecule has 0 saturated heterocycles. The molecule has 0 aliphatic rings. The van der Waals surface area contributed by atoms with Crippen molar-refractivity contribution in [3.63, 3.8) is 0 Å². The zero-order valence-electron chi connectivity index (χ0n) is 8.66. The molecule has 1 heterocycles. The molecule has 1 aromatic carbocycles. The van der Waals surface area contributed by atoms with Crippen LogP contribution >= 0.6 is 46.6 Å². The molecule has 0 radical (unpaired) electrons. The summed E-state index contributed by atoms with van der Waals surface area (Å²) in [5.74, 6) is 0.709. The highest BCUT2D eigenvalue weighted by Gasteiger charge is 2.03. The first-order valence-corrected chi connectivity index (χ1v) is 6.95. The molecule has 0 atom stereocenters. The maximum absolute atomic E-state index is 6.07. The summed E-state index contributed by atoms with van der Waals surface area (Å²) in [4.78, 5) is 5.17. The van der Waals surface area contributed by atoms with E-state index in [4.69, 9.17) is 34.8 Å². The Morgan fingerprint density at radius 2 is 1.76 bits per heavy atom. The van der Waals surface area contributed by atoms with Crippen LogP contribution in [-0.2, 0) is 5.75 Å². The lowest BCUT2D eigenvalue weighted by atomic mass is 10.4. The van der Waals surface area contributed by atoms with Crippen LogP contribution in [0.15, 0.2) is 41.4 Å². The minimum atomic E-state index is 0.677. The number of hydrogen-bond donors (Lipinski definition) is 0. The molecule has 2 rings (SSSR count). The number of benzene rings is 1. The summed E-state index contributed by atoms with van der Waals surface area (Å²) in [6, 6.07) is 9.00. The maximum atomic E-state index is 6.07. The van der Waals surface area contributed by atoms with Crippen molar-refractivity contribution in [3.8, 4) is 0 Å². The van der Waals surface area contributed by atoms with E-state index in [-0.39, 0.29) is 0 Å². The maximum Gasteiger partial charge on any atom is 0.0543 e. The fourth-order valence-electron chi connectivity index (χ4n) is 1.27. The molecular formula is C12H8Cl3NS. The molecule has 0 fully saturated rings. The fourth-order valence-corrected chi connectivity index (χ4v) is 2.84. The predicted molar refractivity (Wildman–Crippen MR) is 75.3 cm³/mol. The van der Waals surface area contributed by atoms with Crippen LogP contribution in [0.25, 0.3) is 0 Å². The van der Waals surface area contributed by atoms with Gasteiger partial charge in [0.1, 0.15) is 0 Å². The Balaban J connectivity index is 2.09. The number of hydrogen-bond acceptors (Lipinski definition) is 2. The lowest BCUT2D eigenvalue weighted by molar-refractivity contribution is 1.17. The standard InChI is InChI=1S/C12H8Cl3NS/c13-8-1-2-11(15)12(6-8)17-7-10-5-9(14)3-4-16-10/h1-6H,7H2. The molecule has 0 aliphatic carbocycles. The molecule has 0 amide bonds. The Hall–Kier alpha value is -0.410. The first-order chi connectivity index (χ1) is 8.15. The molecule has 0 unspecified atom stereocenters. The number of halogens is 3. The summed E-state index contributed by atoms with van der Waals surface area (Å²) >= 11 is 19.5. The number of nitrogens with zero attached hydrogens (tertiary/aromatic N) is 1. The van der Waals surface area contributed by atoms with E-state index in [1.54, 1.807) is 36.2 Å². The van der Waals surface area contributed by atoms with Gasteiger partial charge in [-0.1, -0.05) is 34.8 Å². The smallest absolute Gasteiger partial charge is 0.0543 e. The molecule has 0 saturated carbocycles. The summed E-state index contributed by atoms with van der Waals surface area (Å²) in [5, 5.41) is 2.06. The van der Waals surface area contributed by atoms with Gasteiger partial charge in [-0.05, 0) is 30.3 Å². The highest BCUT2D eigenvalue weighted by atomic mass is 35.5. The first kappa shape index (κ1) is 13.0. The van der Waals surface area contributed by atoms with Gasteiger partial charge in [-0.2, -0.15) is 0 Å². The third kappa shape index (κ3) is 3.78. The largest absolute Gasteiger partial charge is 0.260 e. The minimum absolute atomic E-state index is 0.677. The summed E-state index contributed by atoms with van der Waals surface area (Å²) in [6.07, 6.45) is 1.69. The minimum Gasteiger partial charge on any atom is -0.260 e. The summed E-state index contributed by atoms with van der Waals surface area (Å²) in [7, 11) is 0. The lowest BCUT2D eigenvalue weighted by Gasteiger charge is -2.04. The molecule has 0 aliphatic heterocycles. The van der Waals surface area contributed by atoms with Gasteiger partial charge in [0.25, 0.3) is 0 Å². The normalized spacial score (nSPS) is 10.5. The van der Waals surface area contributed by atoms with Crippen LogP contribution in [0.5, 0.6) is 0 Å². The molecule has 1 nitrogen and oxygen atoms in total. The quantitative estimate of drug-likeness (QED) is 0.710. The van der Waals surface area contributed by atoms with Crippen LogP contribution in [0, 0.1) is 0 Å². The average Bonchev–Trinajstić information content (AvgIpc) is 2.30. The number of thioether (sulfide) groups is 1. The molecule has 2 aromatic rings. The van der Waals surface area contributed by atoms with Crippen molar-refractivity contribution in [2.75, 3.05) is 0 Å². The van der Waals surface area contributed by atoms with Gasteiger partial charge in [-0.25, -0.2) is 0 Å². The molecule has 5 heteroatoms. The second-order valence-corrected chi connectivity index (χ2v) is 5.63. The van der Waals surface area contributed by atoms with Gasteiger partial charge in [-0.15, -0.1) is 11.8 Å². The SMILES string of the molecule is Clc1ccnc(CSc2cc(Cl)ccc2Cl)c1. The van der Waals surface area contributed by atoms with Gasteiger partial charge in [0, 0.05) is 26.9 Å². The van der Waals surface area contributed by atoms with Crippen LogP contribution < -0.4 is 0 Å². The Labute approximate surface area is 119 Å². The van der Waals surface area contributed by atoms with E-state index in [2.05, 4.69) is 4.98 Å². The summed E-state index contributed by atoms with van der Waals surface area (Å²) < 4.78 is 0. The molecule has 0 N–H and O–H groups in total. The van der Waals surface area contributed by atoms with E-state index in [1.807, 2.05) is 12.1 Å². The third-order valence-corrected chi connectivity index (χ3v) is 4.05. The molecule has 88 valence electrons. The van der Waals surface area contributed by atoms with Crippen LogP contribution in [0.2, 0.25) is 15.1 Å². The topological polar surface area (TPSA) is 12.9 Å². The Morgan fingerprint density at radius 3 is 2.53 bits per heavy atom. The lowest BCUT2D eigenvalue weighted by Crippen LogP contribution is -1.86. The van der Waals surface area contributed by atoms with E-state index in [9.17, 15) is 0 Å². The summed E-state index contributed by atoms with van der Waals surface area (Å²) in [6.45, 7) is 0. The zero-order chi connectivity index (χ0) is 12.3. The van der Waals surface area contributed by atoms with Crippen molar-refractivity contribution in [2.45, 2.75) is 10.6 Å². The Bertz CT molecular complexity index is 531. The van der Waals surface area contributed by atoms with Crippen LogP contribution in [0.3, 0.4) is 0 Å². The van der Waals surface area contributed by atoms with Gasteiger partial charge in [0.2, 0.25) is 0 Å². The highest BCUT2D eigenvalue weighted by Crippen LogP contribution is 2.31. The molecule has 0 spiro atoms. The summed E-state index contributed by atoms with van der Waals surface area (Å²) in [5.41, 5.74) is 0.915. The number of rotatable bonds is 3. The molecule has 1 aromatic heterocycles. The van der Waals surface area contributed by atoms with Gasteiger partial charge >= 0.3 is 0 Å². The molecule has 0 bridgehead atoms. The highest BCUT2D eigenvalue weighted by molar-refractivity contribution is 7.98. The number of pyridine rings is 1. The van der Waals surface area contributed by atoms with Crippen LogP contribution in [0.4, 0.5) is 0 Å². The van der Waals surface area contributed by atoms with Crippen molar-refractivity contribution in [1.29, 1.82) is 0 Å². The van der Waals surface area contributed by atoms with E-state index in [1.165, 1.54) is 0 Å². The van der Waals surface area contributed by atoms with E-state index >= 15 is 0 Å². The Morgan fingerprint density at radius 1 is 1.00 bits per heavy atom.